The van der Waals surface area contributed by atoms with E-state index >= 15 is 0 Å². The van der Waals surface area contributed by atoms with E-state index in [1.807, 2.05) is 84.9 Å². The van der Waals surface area contributed by atoms with E-state index in [1.54, 1.807) is 10.8 Å². The Hall–Kier alpha value is -3.64. The van der Waals surface area contributed by atoms with Crippen molar-refractivity contribution in [1.82, 2.24) is 4.57 Å². The summed E-state index contributed by atoms with van der Waals surface area (Å²) >= 11 is 4.49. The number of nitrogens with zero attached hydrogens (tertiary/aromatic N) is 1. The zero-order valence-electron chi connectivity index (χ0n) is 18.8. The number of rotatable bonds is 11. The summed E-state index contributed by atoms with van der Waals surface area (Å²) in [5.41, 5.74) is 2.84. The molecule has 0 atom stereocenters. The highest BCUT2D eigenvalue weighted by Crippen LogP contribution is 2.28. The van der Waals surface area contributed by atoms with Gasteiger partial charge in [0.05, 0.1) is 18.7 Å². The van der Waals surface area contributed by atoms with Gasteiger partial charge < -0.3 is 19.1 Å². The molecule has 3 aromatic carbocycles. The minimum atomic E-state index is -0.886. The maximum Gasteiger partial charge on any atom is 0.323 e. The molecule has 0 bridgehead atoms. The number of benzene rings is 3. The molecule has 0 saturated heterocycles. The van der Waals surface area contributed by atoms with E-state index in [9.17, 15) is 9.90 Å². The van der Waals surface area contributed by atoms with Gasteiger partial charge in [0.1, 0.15) is 18.0 Å². The molecule has 5 nitrogen and oxygen atoms in total. The molecular weight excluding hydrogens is 446 g/mol. The van der Waals surface area contributed by atoms with Gasteiger partial charge in [-0.15, -0.1) is 12.6 Å². The average Bonchev–Trinajstić information content (AvgIpc) is 3.16. The monoisotopic (exact) mass is 473 g/mol. The van der Waals surface area contributed by atoms with E-state index in [0.717, 1.165) is 51.3 Å². The second-order valence-electron chi connectivity index (χ2n) is 7.90. The molecule has 0 radical (unpaired) electrons. The quantitative estimate of drug-likeness (QED) is 0.150. The molecule has 0 aliphatic heterocycles. The van der Waals surface area contributed by atoms with Crippen LogP contribution >= 0.6 is 12.6 Å². The minimum Gasteiger partial charge on any atom is -0.494 e. The van der Waals surface area contributed by atoms with Crippen molar-refractivity contribution in [2.75, 3.05) is 13.2 Å². The van der Waals surface area contributed by atoms with Crippen LogP contribution in [0.3, 0.4) is 0 Å². The van der Waals surface area contributed by atoms with E-state index in [0.29, 0.717) is 13.2 Å². The van der Waals surface area contributed by atoms with Gasteiger partial charge in [-0.1, -0.05) is 60.7 Å². The summed E-state index contributed by atoms with van der Waals surface area (Å²) in [7, 11) is 0. The standard InChI is InChI=1S/C28H27NO4S/c30-27(31)20-29-19-26(34)25-10-6-7-22(28(25)29)14-11-21-12-15-24(16-13-21)33-18-5-4-17-32-23-8-2-1-3-9-23/h1-3,6-16,19,34H,4-5,17-18,20H2,(H,30,31)/b14-11+. The second-order valence-corrected chi connectivity index (χ2v) is 8.38. The number of hydrogen-bond acceptors (Lipinski definition) is 4. The van der Waals surface area contributed by atoms with Gasteiger partial charge in [0, 0.05) is 16.5 Å². The van der Waals surface area contributed by atoms with E-state index < -0.39 is 5.97 Å². The molecule has 34 heavy (non-hydrogen) atoms. The number of carbonyl (C=O) groups is 1. The van der Waals surface area contributed by atoms with Crippen molar-refractivity contribution < 1.29 is 19.4 Å². The van der Waals surface area contributed by atoms with Crippen molar-refractivity contribution in [2.45, 2.75) is 24.3 Å². The summed E-state index contributed by atoms with van der Waals surface area (Å²) in [6.07, 6.45) is 7.62. The van der Waals surface area contributed by atoms with Crippen molar-refractivity contribution >= 4 is 41.7 Å². The second kappa shape index (κ2) is 11.5. The summed E-state index contributed by atoms with van der Waals surface area (Å²) in [6, 6.07) is 23.6. The molecule has 0 spiro atoms. The maximum atomic E-state index is 11.2. The lowest BCUT2D eigenvalue weighted by Gasteiger charge is -2.08. The van der Waals surface area contributed by atoms with Crippen LogP contribution in [0.4, 0.5) is 0 Å². The number of carboxylic acid groups (broad SMARTS) is 1. The predicted octanol–water partition coefficient (Wildman–Crippen LogP) is 6.42. The predicted molar refractivity (Wildman–Crippen MR) is 139 cm³/mol. The fraction of sp³-hybridized carbons (Fsp3) is 0.179. The number of aliphatic carboxylic acids is 1. The maximum absolute atomic E-state index is 11.2. The Morgan fingerprint density at radius 3 is 2.21 bits per heavy atom. The summed E-state index contributed by atoms with van der Waals surface area (Å²) in [4.78, 5) is 12.0. The molecule has 0 fully saturated rings. The fourth-order valence-corrected chi connectivity index (χ4v) is 4.06. The van der Waals surface area contributed by atoms with Crippen LogP contribution < -0.4 is 9.47 Å². The first-order valence-corrected chi connectivity index (χ1v) is 11.7. The van der Waals surface area contributed by atoms with Crippen LogP contribution in [0.1, 0.15) is 24.0 Å². The van der Waals surface area contributed by atoms with Crippen LogP contribution in [0.15, 0.2) is 83.9 Å². The molecule has 6 heteroatoms. The number of para-hydroxylation sites is 2. The van der Waals surface area contributed by atoms with Crippen molar-refractivity contribution in [3.05, 3.63) is 90.1 Å². The lowest BCUT2D eigenvalue weighted by molar-refractivity contribution is -0.137. The van der Waals surface area contributed by atoms with E-state index in [2.05, 4.69) is 12.6 Å². The van der Waals surface area contributed by atoms with Crippen molar-refractivity contribution in [3.63, 3.8) is 0 Å². The highest BCUT2D eigenvalue weighted by Gasteiger charge is 2.11. The Kier molecular flexibility index (Phi) is 7.94. The number of thiol groups is 1. The van der Waals surface area contributed by atoms with Gasteiger partial charge in [0.2, 0.25) is 0 Å². The van der Waals surface area contributed by atoms with Crippen LogP contribution in [0.25, 0.3) is 23.1 Å². The Labute approximate surface area is 204 Å². The van der Waals surface area contributed by atoms with Crippen molar-refractivity contribution in [1.29, 1.82) is 0 Å². The Bertz CT molecular complexity index is 1260. The number of hydrogen-bond donors (Lipinski definition) is 2. The normalized spacial score (nSPS) is 11.2. The number of aromatic nitrogens is 1. The van der Waals surface area contributed by atoms with E-state index in [4.69, 9.17) is 9.47 Å². The summed E-state index contributed by atoms with van der Waals surface area (Å²) in [6.45, 7) is 1.21. The van der Waals surface area contributed by atoms with Gasteiger partial charge in [-0.05, 0) is 48.2 Å². The molecule has 0 saturated carbocycles. The SMILES string of the molecule is O=C(O)Cn1cc(S)c2cccc(/C=C/c3ccc(OCCCCOc4ccccc4)cc3)c21. The molecule has 4 aromatic rings. The van der Waals surface area contributed by atoms with Gasteiger partial charge in [-0.3, -0.25) is 4.79 Å². The summed E-state index contributed by atoms with van der Waals surface area (Å²) < 4.78 is 13.3. The number of carboxylic acids is 1. The largest absolute Gasteiger partial charge is 0.494 e. The topological polar surface area (TPSA) is 60.7 Å². The zero-order chi connectivity index (χ0) is 23.8. The summed E-state index contributed by atoms with van der Waals surface area (Å²) in [5.74, 6) is 0.839. The number of fused-ring (bicyclic) bond motifs is 1. The Balaban J connectivity index is 1.31. The van der Waals surface area contributed by atoms with Crippen LogP contribution in [0.5, 0.6) is 11.5 Å². The molecule has 1 aromatic heterocycles. The minimum absolute atomic E-state index is 0.105. The van der Waals surface area contributed by atoms with Gasteiger partial charge >= 0.3 is 5.97 Å². The zero-order valence-corrected chi connectivity index (χ0v) is 19.7. The first-order valence-electron chi connectivity index (χ1n) is 11.2. The third-order valence-electron chi connectivity index (χ3n) is 5.37. The van der Waals surface area contributed by atoms with Crippen molar-refractivity contribution in [3.8, 4) is 11.5 Å². The molecule has 1 N–H and O–H groups in total. The number of unbranched alkanes of at least 4 members (excludes halogenated alkanes) is 1. The molecule has 0 aliphatic carbocycles. The van der Waals surface area contributed by atoms with Gasteiger partial charge in [-0.2, -0.15) is 0 Å². The molecular formula is C28H27NO4S. The highest BCUT2D eigenvalue weighted by atomic mass is 32.1. The molecule has 1 heterocycles. The first-order chi connectivity index (χ1) is 16.6. The molecule has 0 amide bonds. The van der Waals surface area contributed by atoms with E-state index in [-0.39, 0.29) is 6.54 Å². The Morgan fingerprint density at radius 1 is 0.853 bits per heavy atom. The molecule has 4 rings (SSSR count). The van der Waals surface area contributed by atoms with Crippen molar-refractivity contribution in [2.24, 2.45) is 0 Å². The lowest BCUT2D eigenvalue weighted by Crippen LogP contribution is -2.07. The van der Waals surface area contributed by atoms with Crippen LogP contribution in [-0.4, -0.2) is 28.9 Å². The smallest absolute Gasteiger partial charge is 0.323 e. The third-order valence-corrected chi connectivity index (χ3v) is 5.73. The number of ether oxygens (including phenoxy) is 2. The van der Waals surface area contributed by atoms with Gasteiger partial charge in [-0.25, -0.2) is 0 Å². The van der Waals surface area contributed by atoms with Crippen LogP contribution in [-0.2, 0) is 11.3 Å². The highest BCUT2D eigenvalue weighted by molar-refractivity contribution is 7.80. The average molecular weight is 474 g/mol. The first kappa shape index (κ1) is 23.5. The lowest BCUT2D eigenvalue weighted by atomic mass is 10.1. The van der Waals surface area contributed by atoms with Gasteiger partial charge in [0.15, 0.2) is 0 Å². The fourth-order valence-electron chi connectivity index (χ4n) is 3.74. The Morgan fingerprint density at radius 2 is 1.53 bits per heavy atom. The van der Waals surface area contributed by atoms with Crippen LogP contribution in [0, 0.1) is 0 Å². The summed E-state index contributed by atoms with van der Waals surface area (Å²) in [5, 5.41) is 10.2. The molecule has 0 aliphatic rings. The van der Waals surface area contributed by atoms with Crippen LogP contribution in [0.2, 0.25) is 0 Å². The van der Waals surface area contributed by atoms with Gasteiger partial charge in [0.25, 0.3) is 0 Å². The molecule has 174 valence electrons. The third kappa shape index (κ3) is 6.23. The van der Waals surface area contributed by atoms with E-state index in [1.165, 1.54) is 0 Å². The molecule has 0 unspecified atom stereocenters.